The van der Waals surface area contributed by atoms with Crippen molar-refractivity contribution >= 4 is 21.6 Å². The van der Waals surface area contributed by atoms with Crippen molar-refractivity contribution in [2.45, 2.75) is 6.42 Å². The normalized spacial score (nSPS) is 11.7. The van der Waals surface area contributed by atoms with E-state index in [4.69, 9.17) is 11.6 Å². The fraction of sp³-hybridized carbons (Fsp3) is 0.400. The third-order valence-corrected chi connectivity index (χ3v) is 3.80. The first kappa shape index (κ1) is 14.3. The fourth-order valence-corrected chi connectivity index (χ4v) is 2.65. The van der Waals surface area contributed by atoms with Gasteiger partial charge in [-0.3, -0.25) is 0 Å². The van der Waals surface area contributed by atoms with Gasteiger partial charge >= 0.3 is 0 Å². The van der Waals surface area contributed by atoms with Crippen LogP contribution in [0.4, 0.5) is 8.78 Å². The van der Waals surface area contributed by atoms with E-state index in [9.17, 15) is 17.2 Å². The summed E-state index contributed by atoms with van der Waals surface area (Å²) in [6.07, 6.45) is 0.218. The van der Waals surface area contributed by atoms with E-state index in [1.807, 2.05) is 0 Å². The second kappa shape index (κ2) is 6.28. The first-order chi connectivity index (χ1) is 7.93. The van der Waals surface area contributed by atoms with Crippen molar-refractivity contribution in [2.24, 2.45) is 0 Å². The molecule has 0 atom stereocenters. The van der Waals surface area contributed by atoms with E-state index >= 15 is 0 Å². The van der Waals surface area contributed by atoms with Crippen molar-refractivity contribution < 1.29 is 17.2 Å². The van der Waals surface area contributed by atoms with E-state index in [1.165, 1.54) is 12.1 Å². The molecule has 1 rings (SSSR count). The molecule has 0 heterocycles. The number of benzene rings is 1. The molecular formula is C10H12ClF2NO2S. The van der Waals surface area contributed by atoms with Crippen LogP contribution in [0, 0.1) is 11.6 Å². The molecule has 0 saturated carbocycles. The van der Waals surface area contributed by atoms with E-state index in [2.05, 4.69) is 4.72 Å². The Morgan fingerprint density at radius 1 is 1.18 bits per heavy atom. The summed E-state index contributed by atoms with van der Waals surface area (Å²) in [6, 6.07) is 3.10. The Labute approximate surface area is 104 Å². The number of hydrogen-bond acceptors (Lipinski definition) is 2. The minimum atomic E-state index is -3.39. The van der Waals surface area contributed by atoms with Gasteiger partial charge < -0.3 is 0 Å². The molecule has 0 bridgehead atoms. The zero-order valence-electron chi connectivity index (χ0n) is 8.92. The number of sulfonamides is 1. The quantitative estimate of drug-likeness (QED) is 0.807. The molecular weight excluding hydrogens is 272 g/mol. The lowest BCUT2D eigenvalue weighted by Crippen LogP contribution is -2.28. The molecule has 0 aliphatic heterocycles. The molecule has 17 heavy (non-hydrogen) atoms. The largest absolute Gasteiger partial charge is 0.215 e. The van der Waals surface area contributed by atoms with Crippen LogP contribution >= 0.6 is 11.6 Å². The molecule has 0 aliphatic rings. The molecule has 0 spiro atoms. The third-order valence-electron chi connectivity index (χ3n) is 2.00. The molecule has 96 valence electrons. The van der Waals surface area contributed by atoms with Gasteiger partial charge in [-0.15, -0.1) is 11.6 Å². The summed E-state index contributed by atoms with van der Waals surface area (Å²) in [4.78, 5) is 0. The predicted molar refractivity (Wildman–Crippen MR) is 62.6 cm³/mol. The number of nitrogens with one attached hydrogen (secondary N) is 1. The molecule has 7 heteroatoms. The predicted octanol–water partition coefficient (Wildman–Crippen LogP) is 1.67. The Balaban J connectivity index is 2.51. The zero-order chi connectivity index (χ0) is 12.9. The van der Waals surface area contributed by atoms with Crippen LogP contribution in [-0.2, 0) is 16.4 Å². The van der Waals surface area contributed by atoms with Crippen LogP contribution < -0.4 is 4.72 Å². The molecule has 1 aromatic rings. The van der Waals surface area contributed by atoms with Gasteiger partial charge in [0.2, 0.25) is 10.0 Å². The van der Waals surface area contributed by atoms with Gasteiger partial charge in [0, 0.05) is 18.5 Å². The number of rotatable bonds is 6. The second-order valence-electron chi connectivity index (χ2n) is 3.43. The minimum absolute atomic E-state index is 0.00390. The number of hydrogen-bond donors (Lipinski definition) is 1. The average molecular weight is 284 g/mol. The minimum Gasteiger partial charge on any atom is -0.215 e. The van der Waals surface area contributed by atoms with Crippen molar-refractivity contribution in [1.29, 1.82) is 0 Å². The lowest BCUT2D eigenvalue weighted by Gasteiger charge is -2.05. The van der Waals surface area contributed by atoms with Crippen LogP contribution in [0.3, 0.4) is 0 Å². The highest BCUT2D eigenvalue weighted by Crippen LogP contribution is 2.08. The first-order valence-electron chi connectivity index (χ1n) is 4.91. The Hall–Kier alpha value is -0.720. The Bertz CT molecular complexity index is 459. The topological polar surface area (TPSA) is 46.2 Å². The molecule has 3 nitrogen and oxygen atoms in total. The van der Waals surface area contributed by atoms with E-state index < -0.39 is 21.7 Å². The van der Waals surface area contributed by atoms with Crippen LogP contribution in [0.1, 0.15) is 5.56 Å². The summed E-state index contributed by atoms with van der Waals surface area (Å²) in [5.74, 6) is -1.53. The van der Waals surface area contributed by atoms with Crippen molar-refractivity contribution in [3.05, 3.63) is 35.4 Å². The van der Waals surface area contributed by atoms with Crippen molar-refractivity contribution in [1.82, 2.24) is 4.72 Å². The smallest absolute Gasteiger partial charge is 0.212 e. The summed E-state index contributed by atoms with van der Waals surface area (Å²) in [6.45, 7) is 0.0854. The SMILES string of the molecule is O=S(=O)(CCCl)NCCc1cc(F)cc(F)c1. The molecule has 0 aromatic heterocycles. The van der Waals surface area contributed by atoms with E-state index in [1.54, 1.807) is 0 Å². The molecule has 1 N–H and O–H groups in total. The van der Waals surface area contributed by atoms with Gasteiger partial charge in [-0.25, -0.2) is 21.9 Å². The molecule has 0 unspecified atom stereocenters. The second-order valence-corrected chi connectivity index (χ2v) is 5.73. The van der Waals surface area contributed by atoms with Gasteiger partial charge in [-0.05, 0) is 24.1 Å². The summed E-state index contributed by atoms with van der Waals surface area (Å²) in [5.41, 5.74) is 0.399. The lowest BCUT2D eigenvalue weighted by atomic mass is 10.1. The van der Waals surface area contributed by atoms with Crippen LogP contribution in [0.25, 0.3) is 0 Å². The van der Waals surface area contributed by atoms with Gasteiger partial charge in [0.25, 0.3) is 0 Å². The lowest BCUT2D eigenvalue weighted by molar-refractivity contribution is 0.577. The van der Waals surface area contributed by atoms with Crippen LogP contribution in [-0.4, -0.2) is 26.6 Å². The monoisotopic (exact) mass is 283 g/mol. The average Bonchev–Trinajstić information content (AvgIpc) is 2.15. The molecule has 1 aromatic carbocycles. The maximum Gasteiger partial charge on any atom is 0.212 e. The first-order valence-corrected chi connectivity index (χ1v) is 7.10. The van der Waals surface area contributed by atoms with Gasteiger partial charge in [-0.2, -0.15) is 0 Å². The van der Waals surface area contributed by atoms with Crippen LogP contribution in [0.5, 0.6) is 0 Å². The van der Waals surface area contributed by atoms with Crippen molar-refractivity contribution in [3.63, 3.8) is 0 Å². The maximum atomic E-state index is 12.8. The van der Waals surface area contributed by atoms with Gasteiger partial charge in [0.15, 0.2) is 0 Å². The number of alkyl halides is 1. The van der Waals surface area contributed by atoms with Gasteiger partial charge in [0.1, 0.15) is 11.6 Å². The highest BCUT2D eigenvalue weighted by atomic mass is 35.5. The fourth-order valence-electron chi connectivity index (χ4n) is 1.28. The van der Waals surface area contributed by atoms with Crippen LogP contribution in [0.2, 0.25) is 0 Å². The molecule has 0 amide bonds. The van der Waals surface area contributed by atoms with Crippen molar-refractivity contribution in [2.75, 3.05) is 18.2 Å². The van der Waals surface area contributed by atoms with Crippen LogP contribution in [0.15, 0.2) is 18.2 Å². The van der Waals surface area contributed by atoms with Gasteiger partial charge in [0.05, 0.1) is 5.75 Å². The summed E-state index contributed by atoms with van der Waals surface area (Å²) in [5, 5.41) is 0. The standard InChI is InChI=1S/C10H12ClF2NO2S/c11-2-4-17(15,16)14-3-1-8-5-9(12)7-10(13)6-8/h5-7,14H,1-4H2. The van der Waals surface area contributed by atoms with E-state index in [0.717, 1.165) is 6.07 Å². The van der Waals surface area contributed by atoms with Crippen molar-refractivity contribution in [3.8, 4) is 0 Å². The molecule has 0 fully saturated rings. The Morgan fingerprint density at radius 3 is 2.29 bits per heavy atom. The van der Waals surface area contributed by atoms with Gasteiger partial charge in [-0.1, -0.05) is 0 Å². The molecule has 0 radical (unpaired) electrons. The maximum absolute atomic E-state index is 12.8. The third kappa shape index (κ3) is 5.43. The summed E-state index contributed by atoms with van der Waals surface area (Å²) >= 11 is 5.31. The molecule has 0 saturated heterocycles. The van der Waals surface area contributed by atoms with E-state index in [0.29, 0.717) is 5.56 Å². The highest BCUT2D eigenvalue weighted by molar-refractivity contribution is 7.89. The summed E-state index contributed by atoms with van der Waals surface area (Å²) in [7, 11) is -3.39. The summed E-state index contributed by atoms with van der Waals surface area (Å²) < 4.78 is 50.3. The number of halogens is 3. The molecule has 0 aliphatic carbocycles. The zero-order valence-corrected chi connectivity index (χ0v) is 10.5. The van der Waals surface area contributed by atoms with E-state index in [-0.39, 0.29) is 24.6 Å². The highest BCUT2D eigenvalue weighted by Gasteiger charge is 2.08. The Morgan fingerprint density at radius 2 is 1.76 bits per heavy atom. The Kier molecular flexibility index (Phi) is 5.30.